The van der Waals surface area contributed by atoms with Crippen LogP contribution in [-0.2, 0) is 0 Å². The van der Waals surface area contributed by atoms with Crippen molar-refractivity contribution in [2.45, 2.75) is 26.2 Å². The molecule has 2 N–H and O–H groups in total. The zero-order valence-corrected chi connectivity index (χ0v) is 12.6. The first-order valence-corrected chi connectivity index (χ1v) is 6.80. The van der Waals surface area contributed by atoms with E-state index in [1.165, 1.54) is 6.42 Å². The van der Waals surface area contributed by atoms with E-state index in [2.05, 4.69) is 6.92 Å². The maximum Gasteiger partial charge on any atom is 0.255 e. The van der Waals surface area contributed by atoms with E-state index in [4.69, 9.17) is 17.3 Å². The largest absolute Gasteiger partial charge is 0.399 e. The Balaban J connectivity index is 0.00000180. The Morgan fingerprint density at radius 3 is 2.79 bits per heavy atom. The van der Waals surface area contributed by atoms with Gasteiger partial charge in [-0.25, -0.2) is 0 Å². The highest BCUT2D eigenvalue weighted by Crippen LogP contribution is 2.23. The number of nitrogens with two attached hydrogens (primary N) is 1. The highest BCUT2D eigenvalue weighted by atomic mass is 35.5. The average Bonchev–Trinajstić information content (AvgIpc) is 2.53. The minimum absolute atomic E-state index is 0. The minimum atomic E-state index is 0. The van der Waals surface area contributed by atoms with Crippen LogP contribution in [0, 0.1) is 5.92 Å². The van der Waals surface area contributed by atoms with E-state index in [0.717, 1.165) is 25.9 Å². The number of hydrogen-bond donors (Lipinski definition) is 1. The van der Waals surface area contributed by atoms with Gasteiger partial charge in [-0.15, -0.1) is 12.4 Å². The number of halogens is 2. The number of amides is 1. The molecule has 2 rings (SSSR count). The minimum Gasteiger partial charge on any atom is -0.399 e. The molecule has 1 aromatic carbocycles. The second-order valence-electron chi connectivity index (χ2n) is 5.07. The number of nitrogen functional groups attached to an aromatic ring is 1. The van der Waals surface area contributed by atoms with E-state index in [1.807, 2.05) is 4.90 Å². The van der Waals surface area contributed by atoms with Gasteiger partial charge >= 0.3 is 0 Å². The Kier molecular flexibility index (Phi) is 5.95. The average molecular weight is 303 g/mol. The summed E-state index contributed by atoms with van der Waals surface area (Å²) in [6, 6.07) is 5.07. The van der Waals surface area contributed by atoms with Gasteiger partial charge < -0.3 is 10.6 Å². The summed E-state index contributed by atoms with van der Waals surface area (Å²) in [5, 5.41) is 0.442. The number of carbonyl (C=O) groups excluding carboxylic acids is 1. The van der Waals surface area contributed by atoms with Gasteiger partial charge in [0.05, 0.1) is 10.6 Å². The quantitative estimate of drug-likeness (QED) is 0.806. The zero-order valence-electron chi connectivity index (χ0n) is 11.1. The molecule has 19 heavy (non-hydrogen) atoms. The number of carbonyl (C=O) groups is 1. The number of hydrogen-bond acceptors (Lipinski definition) is 2. The molecule has 0 aromatic heterocycles. The molecule has 1 aliphatic rings. The highest BCUT2D eigenvalue weighted by Gasteiger charge is 2.21. The van der Waals surface area contributed by atoms with E-state index in [1.54, 1.807) is 18.2 Å². The van der Waals surface area contributed by atoms with Gasteiger partial charge in [0.2, 0.25) is 0 Å². The molecule has 106 valence electrons. The van der Waals surface area contributed by atoms with Crippen LogP contribution >= 0.6 is 24.0 Å². The lowest BCUT2D eigenvalue weighted by Crippen LogP contribution is -2.32. The van der Waals surface area contributed by atoms with Crippen LogP contribution < -0.4 is 5.73 Å². The van der Waals surface area contributed by atoms with Crippen molar-refractivity contribution in [3.05, 3.63) is 28.8 Å². The Morgan fingerprint density at radius 1 is 1.37 bits per heavy atom. The van der Waals surface area contributed by atoms with Crippen molar-refractivity contribution >= 4 is 35.6 Å². The Bertz CT molecular complexity index is 451. The number of rotatable bonds is 1. The molecule has 1 aliphatic heterocycles. The van der Waals surface area contributed by atoms with Crippen molar-refractivity contribution < 1.29 is 4.79 Å². The van der Waals surface area contributed by atoms with Gasteiger partial charge in [-0.1, -0.05) is 18.5 Å². The van der Waals surface area contributed by atoms with Crippen LogP contribution in [0.25, 0.3) is 0 Å². The Hall–Kier alpha value is -0.930. The summed E-state index contributed by atoms with van der Waals surface area (Å²) >= 11 is 6.09. The fourth-order valence-corrected chi connectivity index (χ4v) is 2.61. The molecule has 0 radical (unpaired) electrons. The lowest BCUT2D eigenvalue weighted by atomic mass is 10.0. The molecular formula is C14H20Cl2N2O. The third-order valence-electron chi connectivity index (χ3n) is 3.53. The SMILES string of the molecule is CC1CCCN(C(=O)c2ccc(N)cc2Cl)CC1.Cl. The highest BCUT2D eigenvalue weighted by molar-refractivity contribution is 6.34. The number of anilines is 1. The van der Waals surface area contributed by atoms with Gasteiger partial charge in [0.1, 0.15) is 0 Å². The lowest BCUT2D eigenvalue weighted by molar-refractivity contribution is 0.0760. The zero-order chi connectivity index (χ0) is 13.1. The summed E-state index contributed by atoms with van der Waals surface area (Å²) in [5.41, 5.74) is 6.78. The summed E-state index contributed by atoms with van der Waals surface area (Å²) in [6.45, 7) is 3.88. The van der Waals surface area contributed by atoms with Gasteiger partial charge in [-0.2, -0.15) is 0 Å². The van der Waals surface area contributed by atoms with Crippen LogP contribution in [0.2, 0.25) is 5.02 Å². The topological polar surface area (TPSA) is 46.3 Å². The molecular weight excluding hydrogens is 283 g/mol. The third-order valence-corrected chi connectivity index (χ3v) is 3.84. The first kappa shape index (κ1) is 16.1. The van der Waals surface area contributed by atoms with Crippen molar-refractivity contribution in [1.82, 2.24) is 4.90 Å². The van der Waals surface area contributed by atoms with Gasteiger partial charge in [0.15, 0.2) is 0 Å². The lowest BCUT2D eigenvalue weighted by Gasteiger charge is -2.21. The molecule has 1 amide bonds. The normalized spacial score (nSPS) is 19.5. The predicted molar refractivity (Wildman–Crippen MR) is 82.0 cm³/mol. The second-order valence-corrected chi connectivity index (χ2v) is 5.47. The molecule has 5 heteroatoms. The fraction of sp³-hybridized carbons (Fsp3) is 0.500. The molecule has 0 bridgehead atoms. The fourth-order valence-electron chi connectivity index (χ4n) is 2.34. The molecule has 1 saturated heterocycles. The first-order valence-electron chi connectivity index (χ1n) is 6.42. The van der Waals surface area contributed by atoms with Gasteiger partial charge in [0, 0.05) is 18.8 Å². The third kappa shape index (κ3) is 4.02. The number of nitrogens with zero attached hydrogens (tertiary/aromatic N) is 1. The van der Waals surface area contributed by atoms with E-state index >= 15 is 0 Å². The molecule has 0 aliphatic carbocycles. The summed E-state index contributed by atoms with van der Waals surface area (Å²) < 4.78 is 0. The van der Waals surface area contributed by atoms with E-state index < -0.39 is 0 Å². The van der Waals surface area contributed by atoms with Crippen molar-refractivity contribution in [1.29, 1.82) is 0 Å². The Labute approximate surface area is 125 Å². The standard InChI is InChI=1S/C14H19ClN2O.ClH/c1-10-3-2-7-17(8-6-10)14(18)12-5-4-11(16)9-13(12)15;/h4-5,9-10H,2-3,6-8,16H2,1H3;1H. The van der Waals surface area contributed by atoms with Crippen molar-refractivity contribution in [3.63, 3.8) is 0 Å². The molecule has 0 saturated carbocycles. The summed E-state index contributed by atoms with van der Waals surface area (Å²) in [7, 11) is 0. The van der Waals surface area contributed by atoms with Crippen molar-refractivity contribution in [3.8, 4) is 0 Å². The van der Waals surface area contributed by atoms with Gasteiger partial charge in [-0.3, -0.25) is 4.79 Å². The summed E-state index contributed by atoms with van der Waals surface area (Å²) in [6.07, 6.45) is 3.33. The van der Waals surface area contributed by atoms with Crippen molar-refractivity contribution in [2.24, 2.45) is 5.92 Å². The van der Waals surface area contributed by atoms with Crippen LogP contribution in [0.15, 0.2) is 18.2 Å². The predicted octanol–water partition coefficient (Wildman–Crippen LogP) is 3.61. The van der Waals surface area contributed by atoms with Crippen LogP contribution in [0.3, 0.4) is 0 Å². The summed E-state index contributed by atoms with van der Waals surface area (Å²) in [4.78, 5) is 14.3. The number of benzene rings is 1. The molecule has 1 unspecified atom stereocenters. The van der Waals surface area contributed by atoms with E-state index in [-0.39, 0.29) is 18.3 Å². The second kappa shape index (κ2) is 7.01. The maximum absolute atomic E-state index is 12.4. The van der Waals surface area contributed by atoms with Crippen LogP contribution in [-0.4, -0.2) is 23.9 Å². The number of likely N-dealkylation sites (tertiary alicyclic amines) is 1. The Morgan fingerprint density at radius 2 is 2.11 bits per heavy atom. The monoisotopic (exact) mass is 302 g/mol. The summed E-state index contributed by atoms with van der Waals surface area (Å²) in [5.74, 6) is 0.721. The van der Waals surface area contributed by atoms with E-state index in [9.17, 15) is 4.79 Å². The van der Waals surface area contributed by atoms with Gasteiger partial charge in [-0.05, 0) is 43.4 Å². The molecule has 1 fully saturated rings. The maximum atomic E-state index is 12.4. The van der Waals surface area contributed by atoms with Gasteiger partial charge in [0.25, 0.3) is 5.91 Å². The molecule has 1 heterocycles. The smallest absolute Gasteiger partial charge is 0.255 e. The molecule has 0 spiro atoms. The molecule has 1 aromatic rings. The van der Waals surface area contributed by atoms with E-state index in [0.29, 0.717) is 22.2 Å². The van der Waals surface area contributed by atoms with Crippen LogP contribution in [0.5, 0.6) is 0 Å². The van der Waals surface area contributed by atoms with Crippen LogP contribution in [0.1, 0.15) is 36.5 Å². The van der Waals surface area contributed by atoms with Crippen molar-refractivity contribution in [2.75, 3.05) is 18.8 Å². The molecule has 1 atom stereocenters. The first-order chi connectivity index (χ1) is 8.58. The molecule has 3 nitrogen and oxygen atoms in total. The van der Waals surface area contributed by atoms with Crippen LogP contribution in [0.4, 0.5) is 5.69 Å².